The normalized spacial score (nSPS) is 11.7. The number of halogens is 3. The Labute approximate surface area is 139 Å². The number of nitrogens with zero attached hydrogens (tertiary/aromatic N) is 2. The summed E-state index contributed by atoms with van der Waals surface area (Å²) >= 11 is 0. The predicted molar refractivity (Wildman–Crippen MR) is 85.3 cm³/mol. The van der Waals surface area contributed by atoms with Gasteiger partial charge in [-0.15, -0.1) is 12.4 Å². The molecule has 0 saturated carbocycles. The molecule has 2 aromatic rings. The summed E-state index contributed by atoms with van der Waals surface area (Å²) in [5, 5.41) is 9.63. The van der Waals surface area contributed by atoms with Gasteiger partial charge in [-0.05, 0) is 25.1 Å². The molecule has 8 heteroatoms. The van der Waals surface area contributed by atoms with Crippen LogP contribution in [0.15, 0.2) is 30.6 Å². The minimum absolute atomic E-state index is 0. The van der Waals surface area contributed by atoms with Crippen molar-refractivity contribution >= 4 is 18.3 Å². The molecule has 0 spiro atoms. The van der Waals surface area contributed by atoms with Crippen LogP contribution in [0.2, 0.25) is 0 Å². The van der Waals surface area contributed by atoms with E-state index in [0.717, 1.165) is 11.6 Å². The van der Waals surface area contributed by atoms with E-state index in [2.05, 4.69) is 15.7 Å². The Hall–Kier alpha value is -1.99. The minimum Gasteiger partial charge on any atom is -0.354 e. The highest BCUT2D eigenvalue weighted by atomic mass is 35.5. The van der Waals surface area contributed by atoms with Crippen LogP contribution in [-0.2, 0) is 18.3 Å². The molecule has 0 radical (unpaired) electrons. The van der Waals surface area contributed by atoms with Crippen molar-refractivity contribution in [1.29, 1.82) is 0 Å². The number of aromatic nitrogens is 2. The molecule has 1 amide bonds. The van der Waals surface area contributed by atoms with Crippen LogP contribution in [0.1, 0.15) is 17.2 Å². The van der Waals surface area contributed by atoms with E-state index in [0.29, 0.717) is 0 Å². The number of hydrogen-bond acceptors (Lipinski definition) is 3. The third-order valence-electron chi connectivity index (χ3n) is 3.33. The van der Waals surface area contributed by atoms with Crippen LogP contribution in [0, 0.1) is 11.6 Å². The number of benzene rings is 1. The zero-order valence-electron chi connectivity index (χ0n) is 12.8. The zero-order chi connectivity index (χ0) is 16.1. The molecule has 2 rings (SSSR count). The third-order valence-corrected chi connectivity index (χ3v) is 3.33. The maximum atomic E-state index is 13.5. The van der Waals surface area contributed by atoms with E-state index in [-0.39, 0.29) is 36.8 Å². The van der Waals surface area contributed by atoms with E-state index < -0.39 is 17.7 Å². The molecule has 1 aromatic carbocycles. The third kappa shape index (κ3) is 4.74. The first-order chi connectivity index (χ1) is 10.5. The quantitative estimate of drug-likeness (QED) is 0.839. The Balaban J connectivity index is 0.00000264. The summed E-state index contributed by atoms with van der Waals surface area (Å²) in [4.78, 5) is 12.1. The molecule has 0 saturated heterocycles. The van der Waals surface area contributed by atoms with E-state index in [9.17, 15) is 13.6 Å². The minimum atomic E-state index is -0.882. The Bertz CT molecular complexity index is 663. The fraction of sp³-hybridized carbons (Fsp3) is 0.333. The number of aryl methyl sites for hydroxylation is 1. The monoisotopic (exact) mass is 344 g/mol. The molecule has 2 N–H and O–H groups in total. The highest BCUT2D eigenvalue weighted by Gasteiger charge is 2.19. The van der Waals surface area contributed by atoms with E-state index in [1.165, 1.54) is 12.1 Å². The van der Waals surface area contributed by atoms with E-state index in [4.69, 9.17) is 0 Å². The lowest BCUT2D eigenvalue weighted by Crippen LogP contribution is -2.36. The largest absolute Gasteiger partial charge is 0.354 e. The molecular weight excluding hydrogens is 326 g/mol. The molecule has 23 heavy (non-hydrogen) atoms. The zero-order valence-corrected chi connectivity index (χ0v) is 13.7. The van der Waals surface area contributed by atoms with Crippen LogP contribution >= 0.6 is 12.4 Å². The first-order valence-electron chi connectivity index (χ1n) is 6.89. The first kappa shape index (κ1) is 19.1. The van der Waals surface area contributed by atoms with Gasteiger partial charge in [-0.1, -0.05) is 12.1 Å². The average molecular weight is 345 g/mol. The number of rotatable bonds is 6. The Kier molecular flexibility index (Phi) is 7.12. The van der Waals surface area contributed by atoms with Gasteiger partial charge in [0.05, 0.1) is 6.20 Å². The topological polar surface area (TPSA) is 59.0 Å². The van der Waals surface area contributed by atoms with E-state index >= 15 is 0 Å². The summed E-state index contributed by atoms with van der Waals surface area (Å²) in [7, 11) is 3.43. The van der Waals surface area contributed by atoms with Gasteiger partial charge in [-0.2, -0.15) is 5.10 Å². The molecule has 1 heterocycles. The second kappa shape index (κ2) is 8.59. The van der Waals surface area contributed by atoms with Gasteiger partial charge in [0, 0.05) is 25.4 Å². The van der Waals surface area contributed by atoms with Gasteiger partial charge < -0.3 is 10.6 Å². The molecule has 126 valence electrons. The fourth-order valence-corrected chi connectivity index (χ4v) is 2.20. The highest BCUT2D eigenvalue weighted by molar-refractivity contribution is 5.85. The maximum absolute atomic E-state index is 13.5. The van der Waals surface area contributed by atoms with E-state index in [1.807, 2.05) is 0 Å². The molecule has 0 bridgehead atoms. The number of nitrogens with one attached hydrogen (secondary N) is 2. The maximum Gasteiger partial charge on any atom is 0.241 e. The molecule has 5 nitrogen and oxygen atoms in total. The van der Waals surface area contributed by atoms with Gasteiger partial charge in [0.15, 0.2) is 11.6 Å². The number of hydrogen-bond donors (Lipinski definition) is 2. The molecular formula is C15H19ClF2N4O. The molecule has 1 aromatic heterocycles. The van der Waals surface area contributed by atoms with Crippen LogP contribution in [0.5, 0.6) is 0 Å². The number of amides is 1. The SMILES string of the molecule is CNC(C(=O)NCCc1cccc(F)c1F)c1cnn(C)c1.Cl. The summed E-state index contributed by atoms with van der Waals surface area (Å²) < 4.78 is 28.2. The average Bonchev–Trinajstić information content (AvgIpc) is 2.90. The number of likely N-dealkylation sites (N-methyl/N-ethyl adjacent to an activating group) is 1. The lowest BCUT2D eigenvalue weighted by molar-refractivity contribution is -0.123. The predicted octanol–water partition coefficient (Wildman–Crippen LogP) is 1.74. The van der Waals surface area contributed by atoms with Crippen molar-refractivity contribution in [2.24, 2.45) is 7.05 Å². The summed E-state index contributed by atoms with van der Waals surface area (Å²) in [6.07, 6.45) is 3.57. The van der Waals surface area contributed by atoms with Crippen LogP contribution in [0.25, 0.3) is 0 Å². The smallest absolute Gasteiger partial charge is 0.241 e. The summed E-state index contributed by atoms with van der Waals surface area (Å²) in [5.74, 6) is -1.99. The Morgan fingerprint density at radius 2 is 2.13 bits per heavy atom. The summed E-state index contributed by atoms with van der Waals surface area (Å²) in [6, 6.07) is 3.48. The van der Waals surface area contributed by atoms with Crippen molar-refractivity contribution in [3.8, 4) is 0 Å². The second-order valence-corrected chi connectivity index (χ2v) is 4.92. The molecule has 1 atom stereocenters. The molecule has 0 fully saturated rings. The Morgan fingerprint density at radius 1 is 1.39 bits per heavy atom. The van der Waals surface area contributed by atoms with Gasteiger partial charge in [-0.3, -0.25) is 9.48 Å². The standard InChI is InChI=1S/C15H18F2N4O.ClH/c1-18-14(11-8-20-21(2)9-11)15(22)19-7-6-10-4-3-5-12(16)13(10)17;/h3-5,8-9,14,18H,6-7H2,1-2H3,(H,19,22);1H. The van der Waals surface area contributed by atoms with Crippen molar-refractivity contribution in [2.45, 2.75) is 12.5 Å². The van der Waals surface area contributed by atoms with E-state index in [1.54, 1.807) is 31.2 Å². The lowest BCUT2D eigenvalue weighted by Gasteiger charge is -2.14. The Morgan fingerprint density at radius 3 is 2.74 bits per heavy atom. The van der Waals surface area contributed by atoms with Gasteiger partial charge in [0.1, 0.15) is 6.04 Å². The second-order valence-electron chi connectivity index (χ2n) is 4.92. The van der Waals surface area contributed by atoms with Crippen LogP contribution in [0.3, 0.4) is 0 Å². The van der Waals surface area contributed by atoms with Crippen molar-refractivity contribution < 1.29 is 13.6 Å². The van der Waals surface area contributed by atoms with Crippen molar-refractivity contribution in [3.05, 3.63) is 53.4 Å². The first-order valence-corrected chi connectivity index (χ1v) is 6.89. The van der Waals surface area contributed by atoms with Crippen LogP contribution in [-0.4, -0.2) is 29.3 Å². The molecule has 0 aliphatic rings. The highest BCUT2D eigenvalue weighted by Crippen LogP contribution is 2.13. The summed E-state index contributed by atoms with van der Waals surface area (Å²) in [6.45, 7) is 0.220. The number of carbonyl (C=O) groups excluding carboxylic acids is 1. The number of carbonyl (C=O) groups is 1. The fourth-order valence-electron chi connectivity index (χ4n) is 2.20. The van der Waals surface area contributed by atoms with Crippen molar-refractivity contribution in [2.75, 3.05) is 13.6 Å². The van der Waals surface area contributed by atoms with Crippen molar-refractivity contribution in [1.82, 2.24) is 20.4 Å². The molecule has 1 unspecified atom stereocenters. The summed E-state index contributed by atoms with van der Waals surface area (Å²) in [5.41, 5.74) is 0.974. The van der Waals surface area contributed by atoms with Crippen LogP contribution < -0.4 is 10.6 Å². The lowest BCUT2D eigenvalue weighted by atomic mass is 10.1. The molecule has 0 aliphatic carbocycles. The van der Waals surface area contributed by atoms with Gasteiger partial charge in [0.25, 0.3) is 0 Å². The van der Waals surface area contributed by atoms with Gasteiger partial charge >= 0.3 is 0 Å². The van der Waals surface area contributed by atoms with Crippen LogP contribution in [0.4, 0.5) is 8.78 Å². The van der Waals surface area contributed by atoms with Gasteiger partial charge in [-0.25, -0.2) is 8.78 Å². The van der Waals surface area contributed by atoms with Crippen molar-refractivity contribution in [3.63, 3.8) is 0 Å². The van der Waals surface area contributed by atoms with Gasteiger partial charge in [0.2, 0.25) is 5.91 Å². The molecule has 0 aliphatic heterocycles.